The van der Waals surface area contributed by atoms with E-state index in [0.29, 0.717) is 11.8 Å². The molecule has 1 N–H and O–H groups in total. The number of aromatic nitrogens is 3. The molecule has 5 nitrogen and oxygen atoms in total. The Kier molecular flexibility index (Phi) is 3.63. The molecule has 0 aliphatic carbocycles. The number of carbonyl (C=O) groups is 1. The third-order valence-corrected chi connectivity index (χ3v) is 2.71. The second-order valence-corrected chi connectivity index (χ2v) is 4.44. The largest absolute Gasteiger partial charge is 0.478 e. The molecule has 21 heavy (non-hydrogen) atoms. The fourth-order valence-electron chi connectivity index (χ4n) is 1.82. The molecule has 0 radical (unpaired) electrons. The molecule has 2 aromatic rings. The lowest BCUT2D eigenvalue weighted by molar-refractivity contribution is -0.141. The van der Waals surface area contributed by atoms with Crippen LogP contribution in [0.15, 0.2) is 18.5 Å². The van der Waals surface area contributed by atoms with Crippen LogP contribution < -0.4 is 0 Å². The zero-order valence-electron chi connectivity index (χ0n) is 11.1. The Morgan fingerprint density at radius 3 is 2.38 bits per heavy atom. The Morgan fingerprint density at radius 1 is 1.19 bits per heavy atom. The lowest BCUT2D eigenvalue weighted by atomic mass is 10.1. The van der Waals surface area contributed by atoms with E-state index in [0.717, 1.165) is 5.56 Å². The van der Waals surface area contributed by atoms with Crippen LogP contribution in [0.4, 0.5) is 13.2 Å². The van der Waals surface area contributed by atoms with E-state index in [1.54, 1.807) is 19.9 Å². The predicted octanol–water partition coefficient (Wildman–Crippen LogP) is 2.87. The minimum absolute atomic E-state index is 0.183. The molecule has 110 valence electrons. The number of carboxylic acids is 1. The minimum atomic E-state index is -4.88. The summed E-state index contributed by atoms with van der Waals surface area (Å²) in [5, 5.41) is 8.79. The van der Waals surface area contributed by atoms with Crippen molar-refractivity contribution in [3.8, 4) is 11.5 Å². The molecular formula is C13H10F3N3O2. The molecule has 8 heteroatoms. The molecule has 0 amide bonds. The SMILES string of the molecule is Cc1cnc(-c2ncc(C(=O)O)c(C(F)(F)F)n2)c(C)c1. The third-order valence-electron chi connectivity index (χ3n) is 2.71. The second kappa shape index (κ2) is 5.12. The summed E-state index contributed by atoms with van der Waals surface area (Å²) in [6.45, 7) is 3.45. The first-order chi connectivity index (χ1) is 9.70. The lowest BCUT2D eigenvalue weighted by Crippen LogP contribution is -2.17. The van der Waals surface area contributed by atoms with Gasteiger partial charge in [0.1, 0.15) is 11.3 Å². The molecule has 0 saturated heterocycles. The number of pyridine rings is 1. The van der Waals surface area contributed by atoms with Crippen molar-refractivity contribution in [3.63, 3.8) is 0 Å². The number of aromatic carboxylic acids is 1. The van der Waals surface area contributed by atoms with Gasteiger partial charge >= 0.3 is 12.1 Å². The Bertz CT molecular complexity index is 714. The maximum Gasteiger partial charge on any atom is 0.434 e. The van der Waals surface area contributed by atoms with Gasteiger partial charge < -0.3 is 5.11 Å². The minimum Gasteiger partial charge on any atom is -0.478 e. The number of rotatable bonds is 2. The summed E-state index contributed by atoms with van der Waals surface area (Å²) in [5.41, 5.74) is -0.846. The van der Waals surface area contributed by atoms with Crippen molar-refractivity contribution in [2.24, 2.45) is 0 Å². The lowest BCUT2D eigenvalue weighted by Gasteiger charge is -2.11. The highest BCUT2D eigenvalue weighted by molar-refractivity contribution is 5.88. The van der Waals surface area contributed by atoms with E-state index in [9.17, 15) is 18.0 Å². The van der Waals surface area contributed by atoms with Crippen molar-refractivity contribution in [2.45, 2.75) is 20.0 Å². The topological polar surface area (TPSA) is 76.0 Å². The zero-order valence-corrected chi connectivity index (χ0v) is 11.1. The first kappa shape index (κ1) is 14.9. The Labute approximate surface area is 117 Å². The molecule has 0 spiro atoms. The summed E-state index contributed by atoms with van der Waals surface area (Å²) in [4.78, 5) is 21.9. The maximum atomic E-state index is 12.9. The van der Waals surface area contributed by atoms with Crippen LogP contribution in [0.1, 0.15) is 27.2 Å². The van der Waals surface area contributed by atoms with Crippen LogP contribution in [0.2, 0.25) is 0 Å². The van der Waals surface area contributed by atoms with Gasteiger partial charge in [-0.15, -0.1) is 0 Å². The smallest absolute Gasteiger partial charge is 0.434 e. The maximum absolute atomic E-state index is 12.9. The number of hydrogen-bond acceptors (Lipinski definition) is 4. The number of alkyl halides is 3. The van der Waals surface area contributed by atoms with Crippen LogP contribution >= 0.6 is 0 Å². The Hall–Kier alpha value is -2.51. The fraction of sp³-hybridized carbons (Fsp3) is 0.231. The van der Waals surface area contributed by atoms with E-state index in [2.05, 4.69) is 15.0 Å². The summed E-state index contributed by atoms with van der Waals surface area (Å²) in [7, 11) is 0. The van der Waals surface area contributed by atoms with Crippen LogP contribution in [0.25, 0.3) is 11.5 Å². The molecule has 0 saturated carbocycles. The van der Waals surface area contributed by atoms with Crippen LogP contribution in [0.3, 0.4) is 0 Å². The fourth-order valence-corrected chi connectivity index (χ4v) is 1.82. The van der Waals surface area contributed by atoms with E-state index in [-0.39, 0.29) is 11.5 Å². The standard InChI is InChI=1S/C13H10F3N3O2/c1-6-3-7(2)9(17-4-6)11-18-5-8(12(20)21)10(19-11)13(14,15)16/h3-5H,1-2H3,(H,20,21). The summed E-state index contributed by atoms with van der Waals surface area (Å²) in [6.07, 6.45) is -2.76. The highest BCUT2D eigenvalue weighted by Gasteiger charge is 2.38. The molecule has 0 aliphatic heterocycles. The van der Waals surface area contributed by atoms with Crippen molar-refractivity contribution in [3.05, 3.63) is 40.8 Å². The monoisotopic (exact) mass is 297 g/mol. The van der Waals surface area contributed by atoms with E-state index in [4.69, 9.17) is 5.11 Å². The van der Waals surface area contributed by atoms with Crippen molar-refractivity contribution < 1.29 is 23.1 Å². The molecule has 0 fully saturated rings. The van der Waals surface area contributed by atoms with E-state index < -0.39 is 23.4 Å². The molecular weight excluding hydrogens is 287 g/mol. The van der Waals surface area contributed by atoms with Gasteiger partial charge in [0.2, 0.25) is 0 Å². The van der Waals surface area contributed by atoms with E-state index in [1.165, 1.54) is 6.20 Å². The summed E-state index contributed by atoms with van der Waals surface area (Å²) < 4.78 is 38.7. The summed E-state index contributed by atoms with van der Waals surface area (Å²) >= 11 is 0. The quantitative estimate of drug-likeness (QED) is 0.922. The number of aryl methyl sites for hydroxylation is 2. The van der Waals surface area contributed by atoms with Crippen molar-refractivity contribution in [1.82, 2.24) is 15.0 Å². The van der Waals surface area contributed by atoms with Gasteiger partial charge in [0.05, 0.1) is 0 Å². The van der Waals surface area contributed by atoms with Gasteiger partial charge in [-0.1, -0.05) is 6.07 Å². The zero-order chi connectivity index (χ0) is 15.8. The molecule has 0 atom stereocenters. The first-order valence-corrected chi connectivity index (χ1v) is 5.81. The van der Waals surface area contributed by atoms with Crippen LogP contribution in [0, 0.1) is 13.8 Å². The summed E-state index contributed by atoms with van der Waals surface area (Å²) in [6, 6.07) is 1.73. The molecule has 2 rings (SSSR count). The molecule has 2 heterocycles. The molecule has 0 unspecified atom stereocenters. The number of nitrogens with zero attached hydrogens (tertiary/aromatic N) is 3. The van der Waals surface area contributed by atoms with Crippen LogP contribution in [-0.2, 0) is 6.18 Å². The van der Waals surface area contributed by atoms with E-state index in [1.807, 2.05) is 0 Å². The predicted molar refractivity (Wildman–Crippen MR) is 66.7 cm³/mol. The van der Waals surface area contributed by atoms with Crippen molar-refractivity contribution in [1.29, 1.82) is 0 Å². The van der Waals surface area contributed by atoms with Gasteiger partial charge in [0.25, 0.3) is 0 Å². The molecule has 0 aliphatic rings. The highest BCUT2D eigenvalue weighted by Crippen LogP contribution is 2.31. The van der Waals surface area contributed by atoms with Gasteiger partial charge in [-0.05, 0) is 25.0 Å². The van der Waals surface area contributed by atoms with E-state index >= 15 is 0 Å². The van der Waals surface area contributed by atoms with Gasteiger partial charge in [-0.25, -0.2) is 14.8 Å². The van der Waals surface area contributed by atoms with Crippen LogP contribution in [0.5, 0.6) is 0 Å². The average molecular weight is 297 g/mol. The van der Waals surface area contributed by atoms with Crippen LogP contribution in [-0.4, -0.2) is 26.0 Å². The molecule has 2 aromatic heterocycles. The van der Waals surface area contributed by atoms with Crippen molar-refractivity contribution >= 4 is 5.97 Å². The average Bonchev–Trinajstić information content (AvgIpc) is 2.37. The Morgan fingerprint density at radius 2 is 1.86 bits per heavy atom. The van der Waals surface area contributed by atoms with Gasteiger partial charge in [-0.2, -0.15) is 13.2 Å². The van der Waals surface area contributed by atoms with Gasteiger partial charge in [-0.3, -0.25) is 4.98 Å². The highest BCUT2D eigenvalue weighted by atomic mass is 19.4. The van der Waals surface area contributed by atoms with Gasteiger partial charge in [0.15, 0.2) is 11.5 Å². The molecule has 0 aromatic carbocycles. The number of carboxylic acid groups (broad SMARTS) is 1. The first-order valence-electron chi connectivity index (χ1n) is 5.81. The number of halogens is 3. The van der Waals surface area contributed by atoms with Gasteiger partial charge in [0, 0.05) is 12.4 Å². The molecule has 0 bridgehead atoms. The normalized spacial score (nSPS) is 11.5. The summed E-state index contributed by atoms with van der Waals surface area (Å²) in [5.74, 6) is -1.99. The second-order valence-electron chi connectivity index (χ2n) is 4.44. The van der Waals surface area contributed by atoms with Crippen molar-refractivity contribution in [2.75, 3.05) is 0 Å². The Balaban J connectivity index is 2.64. The third kappa shape index (κ3) is 2.99. The number of hydrogen-bond donors (Lipinski definition) is 1.